The summed E-state index contributed by atoms with van der Waals surface area (Å²) < 4.78 is 36.5. The molecule has 0 unspecified atom stereocenters. The van der Waals surface area contributed by atoms with Crippen LogP contribution in [0.25, 0.3) is 0 Å². The number of ether oxygens (including phenoxy) is 2. The smallest absolute Gasteiger partial charge is 0.316 e. The van der Waals surface area contributed by atoms with Gasteiger partial charge in [-0.3, -0.25) is 0 Å². The topological polar surface area (TPSA) is 109 Å². The molecule has 4 rings (SSSR count). The normalized spacial score (nSPS) is 19.2. The molecule has 0 atom stereocenters. The van der Waals surface area contributed by atoms with Crippen molar-refractivity contribution in [3.63, 3.8) is 0 Å². The number of nitrogens with zero attached hydrogens (tertiary/aromatic N) is 5. The number of rotatable bonds is 7. The highest BCUT2D eigenvalue weighted by atomic mass is 32.2. The van der Waals surface area contributed by atoms with E-state index in [-0.39, 0.29) is 23.6 Å². The Morgan fingerprint density at radius 1 is 1.06 bits per heavy atom. The minimum atomic E-state index is -3.22. The van der Waals surface area contributed by atoms with E-state index in [1.807, 2.05) is 17.8 Å². The second-order valence-electron chi connectivity index (χ2n) is 7.81. The summed E-state index contributed by atoms with van der Waals surface area (Å²) in [5.41, 5.74) is 1.73. The van der Waals surface area contributed by atoms with E-state index in [4.69, 9.17) is 9.47 Å². The highest BCUT2D eigenvalue weighted by Gasteiger charge is 2.25. The van der Waals surface area contributed by atoms with Gasteiger partial charge in [-0.1, -0.05) is 5.21 Å². The van der Waals surface area contributed by atoms with Gasteiger partial charge in [-0.05, 0) is 62.4 Å². The summed E-state index contributed by atoms with van der Waals surface area (Å²) in [5, 5.41) is 8.46. The van der Waals surface area contributed by atoms with E-state index in [1.54, 1.807) is 24.5 Å². The van der Waals surface area contributed by atoms with Gasteiger partial charge < -0.3 is 9.47 Å². The number of hydrogen-bond donors (Lipinski definition) is 0. The van der Waals surface area contributed by atoms with Crippen molar-refractivity contribution < 1.29 is 17.9 Å². The van der Waals surface area contributed by atoms with Crippen molar-refractivity contribution in [3.8, 4) is 11.8 Å². The number of aryl methyl sites for hydroxylation is 1. The number of sulfone groups is 1. The van der Waals surface area contributed by atoms with E-state index in [0.717, 1.165) is 36.9 Å². The SMILES string of the molecule is Cc1cnc(OC2CCC(n3cc(COc4ccc(S(C)(=O)=O)cc4)nn3)CC2)nc1. The Bertz CT molecular complexity index is 1110. The summed E-state index contributed by atoms with van der Waals surface area (Å²) in [6.45, 7) is 2.21. The molecule has 3 aromatic rings. The molecule has 1 aliphatic carbocycles. The molecule has 9 nitrogen and oxygen atoms in total. The van der Waals surface area contributed by atoms with Crippen molar-refractivity contribution in [2.24, 2.45) is 0 Å². The molecule has 0 aliphatic heterocycles. The van der Waals surface area contributed by atoms with Crippen LogP contribution in [-0.4, -0.2) is 45.7 Å². The lowest BCUT2D eigenvalue weighted by Gasteiger charge is -2.28. The van der Waals surface area contributed by atoms with Gasteiger partial charge >= 0.3 is 6.01 Å². The summed E-state index contributed by atoms with van der Waals surface area (Å²) in [4.78, 5) is 8.68. The van der Waals surface area contributed by atoms with Crippen LogP contribution in [0.4, 0.5) is 0 Å². The van der Waals surface area contributed by atoms with Crippen LogP contribution in [0.5, 0.6) is 11.8 Å². The van der Waals surface area contributed by atoms with Gasteiger partial charge in [0.15, 0.2) is 9.84 Å². The molecular formula is C21H25N5O4S. The predicted octanol–water partition coefficient (Wildman–Crippen LogP) is 2.92. The highest BCUT2D eigenvalue weighted by Crippen LogP contribution is 2.30. The molecule has 10 heteroatoms. The van der Waals surface area contributed by atoms with Crippen LogP contribution in [0.2, 0.25) is 0 Å². The average molecular weight is 444 g/mol. The molecule has 1 fully saturated rings. The van der Waals surface area contributed by atoms with Crippen LogP contribution in [0.3, 0.4) is 0 Å². The first-order valence-electron chi connectivity index (χ1n) is 10.2. The van der Waals surface area contributed by atoms with E-state index < -0.39 is 9.84 Å². The van der Waals surface area contributed by atoms with Gasteiger partial charge in [-0.2, -0.15) is 0 Å². The first kappa shape index (κ1) is 21.2. The highest BCUT2D eigenvalue weighted by molar-refractivity contribution is 7.90. The summed E-state index contributed by atoms with van der Waals surface area (Å²) >= 11 is 0. The molecule has 1 aromatic carbocycles. The largest absolute Gasteiger partial charge is 0.487 e. The molecule has 0 radical (unpaired) electrons. The van der Waals surface area contributed by atoms with E-state index in [9.17, 15) is 8.42 Å². The van der Waals surface area contributed by atoms with Crippen LogP contribution in [0.15, 0.2) is 47.8 Å². The zero-order valence-electron chi connectivity index (χ0n) is 17.5. The van der Waals surface area contributed by atoms with Gasteiger partial charge in [0.05, 0.1) is 17.1 Å². The standard InChI is InChI=1S/C21H25N5O4S/c1-15-11-22-21(23-12-15)30-19-5-3-17(4-6-19)26-13-16(24-25-26)14-29-18-7-9-20(10-8-18)31(2,27)28/h7-13,17,19H,3-6,14H2,1-2H3. The summed E-state index contributed by atoms with van der Waals surface area (Å²) in [6.07, 6.45) is 10.4. The van der Waals surface area contributed by atoms with E-state index in [1.165, 1.54) is 18.4 Å². The van der Waals surface area contributed by atoms with E-state index >= 15 is 0 Å². The molecule has 0 spiro atoms. The molecule has 1 saturated carbocycles. The Morgan fingerprint density at radius 2 is 1.74 bits per heavy atom. The third-order valence-corrected chi connectivity index (χ3v) is 6.37. The molecule has 1 aliphatic rings. The number of hydrogen-bond acceptors (Lipinski definition) is 8. The minimum Gasteiger partial charge on any atom is -0.487 e. The molecule has 2 aromatic heterocycles. The molecule has 0 amide bonds. The lowest BCUT2D eigenvalue weighted by atomic mass is 9.93. The maximum absolute atomic E-state index is 11.5. The molecule has 0 N–H and O–H groups in total. The van der Waals surface area contributed by atoms with Crippen LogP contribution in [-0.2, 0) is 16.4 Å². The molecule has 0 bridgehead atoms. The maximum Gasteiger partial charge on any atom is 0.316 e. The quantitative estimate of drug-likeness (QED) is 0.548. The monoisotopic (exact) mass is 443 g/mol. The van der Waals surface area contributed by atoms with Crippen molar-refractivity contribution in [1.29, 1.82) is 0 Å². The van der Waals surface area contributed by atoms with Crippen LogP contribution in [0.1, 0.15) is 43.0 Å². The minimum absolute atomic E-state index is 0.111. The fraction of sp³-hybridized carbons (Fsp3) is 0.429. The Labute approximate surface area is 181 Å². The molecule has 31 heavy (non-hydrogen) atoms. The predicted molar refractivity (Wildman–Crippen MR) is 113 cm³/mol. The van der Waals surface area contributed by atoms with Gasteiger partial charge in [-0.25, -0.2) is 23.1 Å². The number of aromatic nitrogens is 5. The Kier molecular flexibility index (Phi) is 6.17. The Morgan fingerprint density at radius 3 is 2.39 bits per heavy atom. The molecule has 2 heterocycles. The second-order valence-corrected chi connectivity index (χ2v) is 9.83. The van der Waals surface area contributed by atoms with Crippen LogP contribution >= 0.6 is 0 Å². The summed E-state index contributed by atoms with van der Waals surface area (Å²) in [5.74, 6) is 0.581. The van der Waals surface area contributed by atoms with Gasteiger partial charge in [-0.15, -0.1) is 5.10 Å². The lowest BCUT2D eigenvalue weighted by Crippen LogP contribution is -2.26. The van der Waals surface area contributed by atoms with Crippen molar-refractivity contribution in [3.05, 3.63) is 54.1 Å². The van der Waals surface area contributed by atoms with Gasteiger partial charge in [0.2, 0.25) is 0 Å². The molecular weight excluding hydrogens is 418 g/mol. The molecule has 0 saturated heterocycles. The van der Waals surface area contributed by atoms with Crippen molar-refractivity contribution in [1.82, 2.24) is 25.0 Å². The second kappa shape index (κ2) is 9.01. The van der Waals surface area contributed by atoms with E-state index in [0.29, 0.717) is 11.8 Å². The Hall–Kier alpha value is -3.01. The third kappa shape index (κ3) is 5.57. The van der Waals surface area contributed by atoms with Crippen molar-refractivity contribution in [2.45, 2.75) is 56.3 Å². The maximum atomic E-state index is 11.5. The van der Waals surface area contributed by atoms with Gasteiger partial charge in [0.1, 0.15) is 24.2 Å². The van der Waals surface area contributed by atoms with Gasteiger partial charge in [0.25, 0.3) is 0 Å². The first-order chi connectivity index (χ1) is 14.9. The molecule has 164 valence electrons. The fourth-order valence-electron chi connectivity index (χ4n) is 3.52. The lowest BCUT2D eigenvalue weighted by molar-refractivity contribution is 0.118. The van der Waals surface area contributed by atoms with Crippen molar-refractivity contribution >= 4 is 9.84 Å². The number of benzene rings is 1. The zero-order valence-corrected chi connectivity index (χ0v) is 18.3. The van der Waals surface area contributed by atoms with Crippen LogP contribution in [0, 0.1) is 6.92 Å². The summed E-state index contributed by atoms with van der Waals surface area (Å²) in [7, 11) is -3.22. The Balaban J connectivity index is 1.27. The average Bonchev–Trinajstić information content (AvgIpc) is 3.23. The van der Waals surface area contributed by atoms with E-state index in [2.05, 4.69) is 20.3 Å². The van der Waals surface area contributed by atoms with Crippen molar-refractivity contribution in [2.75, 3.05) is 6.26 Å². The zero-order chi connectivity index (χ0) is 21.8. The van der Waals surface area contributed by atoms with Crippen LogP contribution < -0.4 is 9.47 Å². The first-order valence-corrected chi connectivity index (χ1v) is 12.0. The summed E-state index contributed by atoms with van der Waals surface area (Å²) in [6, 6.07) is 7.04. The fourth-order valence-corrected chi connectivity index (χ4v) is 4.15. The third-order valence-electron chi connectivity index (χ3n) is 5.24. The van der Waals surface area contributed by atoms with Gasteiger partial charge in [0, 0.05) is 18.6 Å².